The lowest BCUT2D eigenvalue weighted by atomic mass is 9.87. The second kappa shape index (κ2) is 19.8. The summed E-state index contributed by atoms with van der Waals surface area (Å²) >= 11 is 0. The molecule has 0 aliphatic carbocycles. The molecule has 1 unspecified atom stereocenters. The normalized spacial score (nSPS) is 16.6. The van der Waals surface area contributed by atoms with Gasteiger partial charge in [-0.05, 0) is 106 Å². The molecule has 2 aliphatic rings. The molecule has 0 saturated carbocycles. The highest BCUT2D eigenvalue weighted by molar-refractivity contribution is 5.98. The molecule has 12 nitrogen and oxygen atoms in total. The van der Waals surface area contributed by atoms with E-state index in [1.54, 1.807) is 33.7 Å². The lowest BCUT2D eigenvalue weighted by molar-refractivity contribution is -0.136. The Kier molecular flexibility index (Phi) is 14.4. The van der Waals surface area contributed by atoms with Gasteiger partial charge in [-0.2, -0.15) is 5.10 Å². The second-order valence-corrected chi connectivity index (χ2v) is 15.5. The van der Waals surface area contributed by atoms with Gasteiger partial charge in [-0.1, -0.05) is 49.9 Å². The van der Waals surface area contributed by atoms with Crippen molar-refractivity contribution < 1.29 is 23.9 Å². The minimum absolute atomic E-state index is 0.0673. The summed E-state index contributed by atoms with van der Waals surface area (Å²) < 4.78 is 13.1. The molecule has 2 aliphatic heterocycles. The van der Waals surface area contributed by atoms with Gasteiger partial charge in [0.1, 0.15) is 17.0 Å². The number of amides is 3. The lowest BCUT2D eigenvalue weighted by Crippen LogP contribution is -2.41. The largest absolute Gasteiger partial charge is 0.496 e. The molecular formula is C44H58N6O6. The van der Waals surface area contributed by atoms with Crippen molar-refractivity contribution in [3.05, 3.63) is 75.8 Å². The molecule has 0 radical (unpaired) electrons. The van der Waals surface area contributed by atoms with E-state index in [1.165, 1.54) is 55.2 Å². The minimum Gasteiger partial charge on any atom is -0.496 e. The van der Waals surface area contributed by atoms with E-state index in [-0.39, 0.29) is 29.2 Å². The second-order valence-electron chi connectivity index (χ2n) is 15.5. The number of aromatic amines is 1. The number of rotatable bonds is 19. The number of benzene rings is 2. The molecule has 300 valence electrons. The number of hydrogen-bond donors (Lipinski definition) is 3. The molecule has 4 aromatic rings. The first kappa shape index (κ1) is 40.7. The van der Waals surface area contributed by atoms with Gasteiger partial charge >= 0.3 is 0 Å². The predicted molar refractivity (Wildman–Crippen MR) is 218 cm³/mol. The van der Waals surface area contributed by atoms with Crippen LogP contribution in [0.15, 0.2) is 53.6 Å². The maximum absolute atomic E-state index is 12.6. The van der Waals surface area contributed by atoms with E-state index in [9.17, 15) is 19.2 Å². The van der Waals surface area contributed by atoms with Crippen molar-refractivity contribution >= 4 is 28.6 Å². The van der Waals surface area contributed by atoms with Crippen LogP contribution in [0.25, 0.3) is 22.0 Å². The SMILES string of the molecule is COc1cc(-c2cn(C)c(=O)c3[nH]ncc23)cc(OC)c1CCCC(=O)NCCCCCCCCN1CCC(c2ccc(CC3CCC(=O)NC3=O)cc2)CC1. The number of unbranched alkanes of at least 4 members (excludes halogenated alkanes) is 5. The molecule has 2 saturated heterocycles. The third-order valence-electron chi connectivity index (χ3n) is 11.6. The first-order chi connectivity index (χ1) is 27.2. The summed E-state index contributed by atoms with van der Waals surface area (Å²) in [6.45, 7) is 4.16. The van der Waals surface area contributed by atoms with Crippen LogP contribution in [-0.2, 0) is 34.3 Å². The number of hydrogen-bond acceptors (Lipinski definition) is 8. The standard InChI is InChI=1S/C44H58N6O6/c1-49-29-37(36-28-46-48-42(36)44(49)54)34-26-38(55-2)35(39(27-34)56-3)11-10-12-40(51)45-21-8-6-4-5-7-9-22-50-23-19-32(20-24-50)31-15-13-30(14-16-31)25-33-17-18-41(52)47-43(33)53/h13-16,26-29,32-33H,4-12,17-25H2,1-3H3,(H,45,51)(H,46,48)(H,47,52,53). The van der Waals surface area contributed by atoms with E-state index in [1.807, 2.05) is 12.1 Å². The summed E-state index contributed by atoms with van der Waals surface area (Å²) in [4.78, 5) is 51.3. The fourth-order valence-corrected chi connectivity index (χ4v) is 8.31. The summed E-state index contributed by atoms with van der Waals surface area (Å²) in [5.41, 5.74) is 5.48. The number of pyridine rings is 1. The third kappa shape index (κ3) is 10.5. The number of carbonyl (C=O) groups excluding carboxylic acids is 3. The molecule has 2 aromatic carbocycles. The van der Waals surface area contributed by atoms with Crippen molar-refractivity contribution in [3.63, 3.8) is 0 Å². The molecule has 56 heavy (non-hydrogen) atoms. The minimum atomic E-state index is -0.157. The number of piperidine rings is 2. The van der Waals surface area contributed by atoms with Crippen LogP contribution in [0, 0.1) is 5.92 Å². The molecule has 2 fully saturated rings. The maximum Gasteiger partial charge on any atom is 0.276 e. The fourth-order valence-electron chi connectivity index (χ4n) is 8.31. The lowest BCUT2D eigenvalue weighted by Gasteiger charge is -2.32. The van der Waals surface area contributed by atoms with Gasteiger partial charge in [0.2, 0.25) is 17.7 Å². The monoisotopic (exact) mass is 766 g/mol. The van der Waals surface area contributed by atoms with E-state index in [0.717, 1.165) is 53.6 Å². The average molecular weight is 767 g/mol. The van der Waals surface area contributed by atoms with Crippen molar-refractivity contribution in [3.8, 4) is 22.6 Å². The molecular weight excluding hydrogens is 709 g/mol. The molecule has 0 bridgehead atoms. The topological polar surface area (TPSA) is 148 Å². The maximum atomic E-state index is 12.6. The molecule has 6 rings (SSSR count). The zero-order valence-electron chi connectivity index (χ0n) is 33.3. The van der Waals surface area contributed by atoms with E-state index in [4.69, 9.17) is 9.47 Å². The summed E-state index contributed by atoms with van der Waals surface area (Å²) in [5.74, 6) is 1.62. The number of imide groups is 1. The smallest absolute Gasteiger partial charge is 0.276 e. The number of carbonyl (C=O) groups is 3. The number of aromatic nitrogens is 3. The van der Waals surface area contributed by atoms with Gasteiger partial charge in [-0.25, -0.2) is 0 Å². The molecule has 2 aromatic heterocycles. The van der Waals surface area contributed by atoms with Crippen LogP contribution in [0.2, 0.25) is 0 Å². The molecule has 0 spiro atoms. The van der Waals surface area contributed by atoms with Crippen LogP contribution in [0.1, 0.15) is 99.7 Å². The van der Waals surface area contributed by atoms with Crippen molar-refractivity contribution in [1.82, 2.24) is 30.3 Å². The Balaban J connectivity index is 0.813. The summed E-state index contributed by atoms with van der Waals surface area (Å²) in [6, 6.07) is 12.7. The number of H-pyrrole nitrogens is 1. The van der Waals surface area contributed by atoms with Crippen molar-refractivity contribution in [2.75, 3.05) is 40.4 Å². The van der Waals surface area contributed by atoms with Gasteiger partial charge in [-0.15, -0.1) is 0 Å². The molecule has 3 amide bonds. The number of nitrogens with one attached hydrogen (secondary N) is 3. The van der Waals surface area contributed by atoms with Gasteiger partial charge < -0.3 is 24.3 Å². The number of likely N-dealkylation sites (tertiary alicyclic amines) is 1. The number of nitrogens with zero attached hydrogens (tertiary/aromatic N) is 3. The van der Waals surface area contributed by atoms with Gasteiger partial charge in [0.05, 0.1) is 20.4 Å². The van der Waals surface area contributed by atoms with Crippen LogP contribution in [-0.4, -0.2) is 77.8 Å². The Bertz CT molecular complexity index is 1990. The number of aryl methyl sites for hydroxylation is 1. The Morgan fingerprint density at radius 3 is 2.30 bits per heavy atom. The van der Waals surface area contributed by atoms with E-state index in [0.29, 0.717) is 68.0 Å². The average Bonchev–Trinajstić information content (AvgIpc) is 3.71. The van der Waals surface area contributed by atoms with Crippen LogP contribution < -0.4 is 25.7 Å². The molecule has 12 heteroatoms. The van der Waals surface area contributed by atoms with Crippen LogP contribution in [0.3, 0.4) is 0 Å². The Morgan fingerprint density at radius 2 is 1.61 bits per heavy atom. The summed E-state index contributed by atoms with van der Waals surface area (Å²) in [6.07, 6.45) is 16.3. The van der Waals surface area contributed by atoms with Crippen LogP contribution in [0.5, 0.6) is 11.5 Å². The first-order valence-corrected chi connectivity index (χ1v) is 20.4. The summed E-state index contributed by atoms with van der Waals surface area (Å²) in [7, 11) is 4.98. The number of ether oxygens (including phenoxy) is 2. The number of methoxy groups -OCH3 is 2. The van der Waals surface area contributed by atoms with Crippen molar-refractivity contribution in [2.24, 2.45) is 13.0 Å². The molecule has 1 atom stereocenters. The van der Waals surface area contributed by atoms with E-state index < -0.39 is 0 Å². The molecule has 4 heterocycles. The van der Waals surface area contributed by atoms with Gasteiger partial charge in [0.25, 0.3) is 5.56 Å². The molecule has 3 N–H and O–H groups in total. The number of fused-ring (bicyclic) bond motifs is 1. The van der Waals surface area contributed by atoms with Gasteiger partial charge in [-0.3, -0.25) is 29.6 Å². The Morgan fingerprint density at radius 1 is 0.911 bits per heavy atom. The quantitative estimate of drug-likeness (QED) is 0.0756. The zero-order chi connectivity index (χ0) is 39.4. The highest BCUT2D eigenvalue weighted by atomic mass is 16.5. The first-order valence-electron chi connectivity index (χ1n) is 20.4. The van der Waals surface area contributed by atoms with Crippen molar-refractivity contribution in [1.29, 1.82) is 0 Å². The van der Waals surface area contributed by atoms with E-state index >= 15 is 0 Å². The highest BCUT2D eigenvalue weighted by Crippen LogP contribution is 2.38. The predicted octanol–water partition coefficient (Wildman–Crippen LogP) is 6.20. The fraction of sp³-hybridized carbons (Fsp3) is 0.523. The van der Waals surface area contributed by atoms with Gasteiger partial charge in [0, 0.05) is 55.1 Å². The Labute approximate surface area is 329 Å². The van der Waals surface area contributed by atoms with Crippen LogP contribution in [0.4, 0.5) is 0 Å². The zero-order valence-corrected chi connectivity index (χ0v) is 33.3. The van der Waals surface area contributed by atoms with E-state index in [2.05, 4.69) is 50.0 Å². The Hall–Kier alpha value is -4.97. The summed E-state index contributed by atoms with van der Waals surface area (Å²) in [5, 5.41) is 13.2. The van der Waals surface area contributed by atoms with Crippen molar-refractivity contribution in [2.45, 2.75) is 95.8 Å². The van der Waals surface area contributed by atoms with Gasteiger partial charge in [0.15, 0.2) is 0 Å². The third-order valence-corrected chi connectivity index (χ3v) is 11.6. The highest BCUT2D eigenvalue weighted by Gasteiger charge is 2.27. The van der Waals surface area contributed by atoms with Crippen LogP contribution >= 0.6 is 0 Å².